The van der Waals surface area contributed by atoms with Crippen LogP contribution in [-0.4, -0.2) is 5.91 Å². The van der Waals surface area contributed by atoms with Gasteiger partial charge < -0.3 is 9.73 Å². The van der Waals surface area contributed by atoms with E-state index in [2.05, 4.69) is 5.32 Å². The van der Waals surface area contributed by atoms with Gasteiger partial charge in [0.25, 0.3) is 0 Å². The number of anilines is 1. The maximum Gasteiger partial charge on any atom is 0.248 e. The molecule has 1 aromatic heterocycles. The second-order valence-electron chi connectivity index (χ2n) is 5.90. The van der Waals surface area contributed by atoms with Crippen LogP contribution in [0, 0.1) is 13.8 Å². The second-order valence-corrected chi connectivity index (χ2v) is 6.72. The largest absolute Gasteiger partial charge is 0.457 e. The van der Waals surface area contributed by atoms with Crippen molar-refractivity contribution in [3.05, 3.63) is 81.5 Å². The van der Waals surface area contributed by atoms with E-state index in [1.54, 1.807) is 30.3 Å². The van der Waals surface area contributed by atoms with Gasteiger partial charge in [0.1, 0.15) is 11.5 Å². The molecule has 0 aliphatic carbocycles. The number of nitrogens with one attached hydrogen (secondary N) is 1. The van der Waals surface area contributed by atoms with Gasteiger partial charge in [0.2, 0.25) is 5.91 Å². The van der Waals surface area contributed by atoms with Gasteiger partial charge in [-0.1, -0.05) is 41.4 Å². The number of hydrogen-bond donors (Lipinski definition) is 1. The number of benzene rings is 2. The van der Waals surface area contributed by atoms with Crippen molar-refractivity contribution in [1.82, 2.24) is 0 Å². The summed E-state index contributed by atoms with van der Waals surface area (Å²) >= 11 is 12.2. The molecule has 0 bridgehead atoms. The summed E-state index contributed by atoms with van der Waals surface area (Å²) in [5.74, 6) is 1.01. The summed E-state index contributed by atoms with van der Waals surface area (Å²) in [7, 11) is 0. The molecule has 0 saturated carbocycles. The molecule has 0 aliphatic rings. The SMILES string of the molecule is Cc1ccc(-c2ccc(C=CC(=O)Nc3cccc(Cl)c3C)o2)cc1Cl. The van der Waals surface area contributed by atoms with E-state index < -0.39 is 0 Å². The molecule has 1 heterocycles. The molecule has 0 atom stereocenters. The fourth-order valence-corrected chi connectivity index (χ4v) is 2.77. The molecular formula is C21H17Cl2NO2. The van der Waals surface area contributed by atoms with E-state index in [0.717, 1.165) is 16.7 Å². The minimum absolute atomic E-state index is 0.258. The number of halogens is 2. The normalized spacial score (nSPS) is 11.1. The predicted octanol–water partition coefficient (Wildman–Crippen LogP) is 6.52. The quantitative estimate of drug-likeness (QED) is 0.519. The molecule has 0 fully saturated rings. The summed E-state index contributed by atoms with van der Waals surface area (Å²) in [5, 5.41) is 4.10. The molecule has 3 rings (SSSR count). The van der Waals surface area contributed by atoms with Crippen molar-refractivity contribution in [3.63, 3.8) is 0 Å². The molecule has 2 aromatic carbocycles. The number of rotatable bonds is 4. The average molecular weight is 386 g/mol. The molecular weight excluding hydrogens is 369 g/mol. The van der Waals surface area contributed by atoms with Crippen LogP contribution in [0.25, 0.3) is 17.4 Å². The molecule has 0 radical (unpaired) electrons. The summed E-state index contributed by atoms with van der Waals surface area (Å²) in [5.41, 5.74) is 3.41. The van der Waals surface area contributed by atoms with Crippen LogP contribution in [0.15, 0.2) is 59.0 Å². The molecule has 0 aliphatic heterocycles. The third-order valence-electron chi connectivity index (χ3n) is 4.01. The lowest BCUT2D eigenvalue weighted by molar-refractivity contribution is -0.111. The van der Waals surface area contributed by atoms with Gasteiger partial charge in [-0.15, -0.1) is 0 Å². The number of carbonyl (C=O) groups is 1. The Morgan fingerprint density at radius 3 is 2.62 bits per heavy atom. The molecule has 132 valence electrons. The Balaban J connectivity index is 1.71. The maximum atomic E-state index is 12.1. The Morgan fingerprint density at radius 1 is 1.04 bits per heavy atom. The molecule has 5 heteroatoms. The van der Waals surface area contributed by atoms with Crippen LogP contribution >= 0.6 is 23.2 Å². The Bertz CT molecular complexity index is 989. The lowest BCUT2D eigenvalue weighted by Gasteiger charge is -2.07. The van der Waals surface area contributed by atoms with Gasteiger partial charge in [-0.25, -0.2) is 0 Å². The highest BCUT2D eigenvalue weighted by atomic mass is 35.5. The zero-order valence-electron chi connectivity index (χ0n) is 14.3. The predicted molar refractivity (Wildman–Crippen MR) is 108 cm³/mol. The molecule has 3 aromatic rings. The van der Waals surface area contributed by atoms with Crippen molar-refractivity contribution in [2.75, 3.05) is 5.32 Å². The highest BCUT2D eigenvalue weighted by Crippen LogP contribution is 2.27. The third kappa shape index (κ3) is 4.18. The Hall–Kier alpha value is -2.49. The molecule has 0 spiro atoms. The third-order valence-corrected chi connectivity index (χ3v) is 4.82. The number of amides is 1. The maximum absolute atomic E-state index is 12.1. The standard InChI is InChI=1S/C21H17Cl2NO2/c1-13-6-7-15(12-18(13)23)20-10-8-16(26-20)9-11-21(25)24-19-5-3-4-17(22)14(19)2/h3-12H,1-2H3,(H,24,25). The first-order chi connectivity index (χ1) is 12.4. The van der Waals surface area contributed by atoms with Gasteiger partial charge in [-0.2, -0.15) is 0 Å². The van der Waals surface area contributed by atoms with Crippen molar-refractivity contribution < 1.29 is 9.21 Å². The van der Waals surface area contributed by atoms with Crippen LogP contribution in [0.3, 0.4) is 0 Å². The van der Waals surface area contributed by atoms with E-state index in [9.17, 15) is 4.79 Å². The van der Waals surface area contributed by atoms with E-state index >= 15 is 0 Å². The van der Waals surface area contributed by atoms with Gasteiger partial charge in [-0.3, -0.25) is 4.79 Å². The molecule has 3 nitrogen and oxygen atoms in total. The fourth-order valence-electron chi connectivity index (χ4n) is 2.42. The van der Waals surface area contributed by atoms with Crippen molar-refractivity contribution >= 4 is 40.9 Å². The van der Waals surface area contributed by atoms with Gasteiger partial charge in [0.15, 0.2) is 0 Å². The Kier molecular flexibility index (Phi) is 5.50. The van der Waals surface area contributed by atoms with Crippen LogP contribution in [0.5, 0.6) is 0 Å². The van der Waals surface area contributed by atoms with Crippen molar-refractivity contribution in [2.45, 2.75) is 13.8 Å². The second kappa shape index (κ2) is 7.81. The molecule has 0 unspecified atom stereocenters. The summed E-state index contributed by atoms with van der Waals surface area (Å²) < 4.78 is 5.76. The number of aryl methyl sites for hydroxylation is 1. The Labute approximate surface area is 162 Å². The molecule has 26 heavy (non-hydrogen) atoms. The van der Waals surface area contributed by atoms with Crippen LogP contribution < -0.4 is 5.32 Å². The topological polar surface area (TPSA) is 42.2 Å². The minimum atomic E-state index is -0.258. The monoisotopic (exact) mass is 385 g/mol. The van der Waals surface area contributed by atoms with Gasteiger partial charge in [0.05, 0.1) is 0 Å². The van der Waals surface area contributed by atoms with Crippen molar-refractivity contribution in [1.29, 1.82) is 0 Å². The van der Waals surface area contributed by atoms with Gasteiger partial charge in [0, 0.05) is 27.4 Å². The lowest BCUT2D eigenvalue weighted by Crippen LogP contribution is -2.08. The summed E-state index contributed by atoms with van der Waals surface area (Å²) in [6.45, 7) is 3.80. The Morgan fingerprint density at radius 2 is 1.85 bits per heavy atom. The number of carbonyl (C=O) groups excluding carboxylic acids is 1. The van der Waals surface area contributed by atoms with E-state index in [1.807, 2.05) is 38.1 Å². The van der Waals surface area contributed by atoms with E-state index in [0.29, 0.717) is 27.3 Å². The molecule has 1 N–H and O–H groups in total. The lowest BCUT2D eigenvalue weighted by atomic mass is 10.1. The summed E-state index contributed by atoms with van der Waals surface area (Å²) in [6, 6.07) is 14.8. The molecule has 0 saturated heterocycles. The molecule has 1 amide bonds. The first-order valence-corrected chi connectivity index (χ1v) is 8.80. The van der Waals surface area contributed by atoms with Crippen LogP contribution in [0.4, 0.5) is 5.69 Å². The van der Waals surface area contributed by atoms with Crippen molar-refractivity contribution in [2.24, 2.45) is 0 Å². The average Bonchev–Trinajstić information content (AvgIpc) is 3.09. The first-order valence-electron chi connectivity index (χ1n) is 8.04. The zero-order valence-corrected chi connectivity index (χ0v) is 15.9. The zero-order chi connectivity index (χ0) is 18.7. The summed E-state index contributed by atoms with van der Waals surface area (Å²) in [4.78, 5) is 12.1. The van der Waals surface area contributed by atoms with Crippen LogP contribution in [-0.2, 0) is 4.79 Å². The van der Waals surface area contributed by atoms with Gasteiger partial charge >= 0.3 is 0 Å². The number of furan rings is 1. The van der Waals surface area contributed by atoms with Crippen LogP contribution in [0.2, 0.25) is 10.0 Å². The van der Waals surface area contributed by atoms with E-state index in [1.165, 1.54) is 6.08 Å². The van der Waals surface area contributed by atoms with E-state index in [-0.39, 0.29) is 5.91 Å². The highest BCUT2D eigenvalue weighted by Gasteiger charge is 2.07. The smallest absolute Gasteiger partial charge is 0.248 e. The van der Waals surface area contributed by atoms with E-state index in [4.69, 9.17) is 27.6 Å². The number of hydrogen-bond acceptors (Lipinski definition) is 2. The van der Waals surface area contributed by atoms with Crippen molar-refractivity contribution in [3.8, 4) is 11.3 Å². The highest BCUT2D eigenvalue weighted by molar-refractivity contribution is 6.32. The first kappa shape index (κ1) is 18.3. The fraction of sp³-hybridized carbons (Fsp3) is 0.0952. The summed E-state index contributed by atoms with van der Waals surface area (Å²) in [6.07, 6.45) is 3.04. The van der Waals surface area contributed by atoms with Gasteiger partial charge in [-0.05, 0) is 61.4 Å². The van der Waals surface area contributed by atoms with Crippen LogP contribution in [0.1, 0.15) is 16.9 Å². The minimum Gasteiger partial charge on any atom is -0.457 e.